The van der Waals surface area contributed by atoms with Crippen molar-refractivity contribution in [1.29, 1.82) is 0 Å². The number of amidine groups is 2. The van der Waals surface area contributed by atoms with E-state index >= 15 is 0 Å². The lowest BCUT2D eigenvalue weighted by atomic mass is 9.74. The summed E-state index contributed by atoms with van der Waals surface area (Å²) in [5.41, 5.74) is 14.3. The van der Waals surface area contributed by atoms with Gasteiger partial charge in [-0.2, -0.15) is 0 Å². The molecule has 6 unspecified atom stereocenters. The lowest BCUT2D eigenvalue weighted by molar-refractivity contribution is 0.348. The smallest absolute Gasteiger partial charge is 0.179 e. The van der Waals surface area contributed by atoms with Crippen molar-refractivity contribution in [3.05, 3.63) is 196 Å². The minimum absolute atomic E-state index is 0.242. The Morgan fingerprint density at radius 2 is 1.65 bits per heavy atom. The molecule has 312 valence electrons. The zero-order valence-corrected chi connectivity index (χ0v) is 36.4. The molecule has 0 fully saturated rings. The van der Waals surface area contributed by atoms with Gasteiger partial charge in [-0.05, 0) is 159 Å². The number of rotatable bonds is 8. The first-order chi connectivity index (χ1) is 30.6. The maximum Gasteiger partial charge on any atom is 0.179 e. The summed E-state index contributed by atoms with van der Waals surface area (Å²) in [6.07, 6.45) is 54.2. The van der Waals surface area contributed by atoms with Crippen LogP contribution in [0, 0.1) is 23.7 Å². The molecule has 1 aromatic heterocycles. The number of aromatic nitrogens is 1. The van der Waals surface area contributed by atoms with Crippen molar-refractivity contribution in [2.24, 2.45) is 33.7 Å². The van der Waals surface area contributed by atoms with E-state index in [0.717, 1.165) is 82.3 Å². The first kappa shape index (κ1) is 39.1. The average Bonchev–Trinajstić information content (AvgIpc) is 3.68. The molecule has 6 atom stereocenters. The van der Waals surface area contributed by atoms with Crippen LogP contribution in [-0.4, -0.2) is 16.2 Å². The molecule has 2 heterocycles. The van der Waals surface area contributed by atoms with Crippen LogP contribution >= 0.6 is 0 Å². The van der Waals surface area contributed by atoms with Crippen molar-refractivity contribution in [2.75, 3.05) is 0 Å². The van der Waals surface area contributed by atoms with Crippen LogP contribution in [0.5, 0.6) is 0 Å². The molecule has 0 amide bonds. The monoisotopic (exact) mass is 812 g/mol. The highest BCUT2D eigenvalue weighted by molar-refractivity contribution is 6.12. The lowest BCUT2D eigenvalue weighted by Crippen LogP contribution is -2.44. The van der Waals surface area contributed by atoms with E-state index in [1.54, 1.807) is 5.56 Å². The van der Waals surface area contributed by atoms with E-state index in [-0.39, 0.29) is 5.92 Å². The van der Waals surface area contributed by atoms with Crippen LogP contribution in [0.3, 0.4) is 0 Å². The van der Waals surface area contributed by atoms with Gasteiger partial charge in [0.1, 0.15) is 11.7 Å². The van der Waals surface area contributed by atoms with Crippen molar-refractivity contribution in [2.45, 2.75) is 102 Å². The van der Waals surface area contributed by atoms with E-state index in [1.165, 1.54) is 68.9 Å². The molecule has 0 spiro atoms. The summed E-state index contributed by atoms with van der Waals surface area (Å²) in [6, 6.07) is 18.5. The van der Waals surface area contributed by atoms with Gasteiger partial charge in [-0.25, -0.2) is 9.98 Å². The third-order valence-corrected chi connectivity index (χ3v) is 15.0. The fourth-order valence-corrected chi connectivity index (χ4v) is 11.7. The third kappa shape index (κ3) is 7.40. The maximum absolute atomic E-state index is 5.79. The highest BCUT2D eigenvalue weighted by Gasteiger charge is 2.39. The van der Waals surface area contributed by atoms with Gasteiger partial charge in [0, 0.05) is 34.7 Å². The van der Waals surface area contributed by atoms with Gasteiger partial charge in [-0.15, -0.1) is 0 Å². The molecule has 62 heavy (non-hydrogen) atoms. The fourth-order valence-electron chi connectivity index (χ4n) is 11.7. The summed E-state index contributed by atoms with van der Waals surface area (Å²) in [7, 11) is 0. The fraction of sp³-hybridized carbons (Fsp3) is 0.345. The third-order valence-electron chi connectivity index (χ3n) is 15.0. The Kier molecular flexibility index (Phi) is 10.6. The summed E-state index contributed by atoms with van der Waals surface area (Å²) in [5.74, 6) is 4.19. The predicted octanol–water partition coefficient (Wildman–Crippen LogP) is 13.5. The van der Waals surface area contributed by atoms with Gasteiger partial charge in [0.25, 0.3) is 0 Å². The molecule has 0 radical (unpaired) electrons. The Labute approximate surface area is 369 Å². The first-order valence-electron chi connectivity index (χ1n) is 23.8. The number of hydrogen-bond acceptors (Lipinski definition) is 3. The highest BCUT2D eigenvalue weighted by Crippen LogP contribution is 2.47. The minimum Gasteiger partial charge on any atom is -0.328 e. The van der Waals surface area contributed by atoms with E-state index in [1.807, 2.05) is 0 Å². The van der Waals surface area contributed by atoms with E-state index in [9.17, 15) is 0 Å². The van der Waals surface area contributed by atoms with E-state index < -0.39 is 5.66 Å². The van der Waals surface area contributed by atoms with E-state index in [2.05, 4.69) is 169 Å². The topological polar surface area (TPSA) is 41.7 Å². The van der Waals surface area contributed by atoms with Gasteiger partial charge in [-0.3, -0.25) is 0 Å². The van der Waals surface area contributed by atoms with Gasteiger partial charge in [-0.1, -0.05) is 134 Å². The molecule has 4 nitrogen and oxygen atoms in total. The Hall–Kier alpha value is -5.74. The van der Waals surface area contributed by atoms with Crippen LogP contribution in [0.25, 0.3) is 17.3 Å². The molecule has 1 aliphatic heterocycles. The summed E-state index contributed by atoms with van der Waals surface area (Å²) in [5, 5.41) is 3.84. The quantitative estimate of drug-likeness (QED) is 0.226. The normalized spacial score (nSPS) is 28.6. The zero-order chi connectivity index (χ0) is 41.5. The summed E-state index contributed by atoms with van der Waals surface area (Å²) in [4.78, 5) is 11.5. The number of nitrogens with zero attached hydrogens (tertiary/aromatic N) is 3. The molecular weight excluding hydrogens is 753 g/mol. The second-order valence-corrected chi connectivity index (χ2v) is 18.9. The van der Waals surface area contributed by atoms with Crippen molar-refractivity contribution in [3.8, 4) is 5.69 Å². The van der Waals surface area contributed by atoms with E-state index in [4.69, 9.17) is 9.98 Å². The second kappa shape index (κ2) is 16.9. The van der Waals surface area contributed by atoms with Gasteiger partial charge in [0.2, 0.25) is 0 Å². The van der Waals surface area contributed by atoms with Gasteiger partial charge >= 0.3 is 0 Å². The largest absolute Gasteiger partial charge is 0.328 e. The number of hydrogen-bond donors (Lipinski definition) is 1. The Morgan fingerprint density at radius 1 is 0.726 bits per heavy atom. The molecule has 8 aliphatic rings. The number of aliphatic imine (C=N–C) groups is 2. The minimum atomic E-state index is -0.857. The highest BCUT2D eigenvalue weighted by atomic mass is 15.2. The van der Waals surface area contributed by atoms with Crippen LogP contribution in [-0.2, 0) is 24.9 Å². The summed E-state index contributed by atoms with van der Waals surface area (Å²) < 4.78 is 2.69. The van der Waals surface area contributed by atoms with Crippen LogP contribution in [0.15, 0.2) is 167 Å². The SMILES string of the molecule is CC1(c2cc(C3=CC=CCC3C3=CCCC=C3)ccc2-n2c3c(c4c2CCC(C2C=CC=CC2)C4)CC(c2ccccc2)C=C3)N=C(C2=CC=CCC2)NC(C2C=CCCC2)=N1. The number of allylic oxidation sites excluding steroid dienone is 17. The standard InChI is InChI=1S/C58H60N4/c1-58(60-56(43-25-13-5-14-26-43)59-57(61-58)44-27-15-6-16-28-44)52-39-47(49-30-18-17-29-48(49)42-23-11-4-12-24-42)33-36-55(52)62-53-34-31-45(40-19-7-2-8-20-40)37-50(53)51-38-46(32-35-54(51)62)41-21-9-3-10-22-41/h2-3,5,7-11,13,15,17-21,23-25,27,30-31,33-34,36,39,41,44-46,48H,4,6,12,14,16,22,26,28-29,32,35,37-38H2,1H3,(H,59,60,61). The maximum atomic E-state index is 5.79. The van der Waals surface area contributed by atoms with E-state index in [0.29, 0.717) is 23.7 Å². The second-order valence-electron chi connectivity index (χ2n) is 18.9. The molecular formula is C58H60N4. The molecule has 11 rings (SSSR count). The molecule has 1 N–H and O–H groups in total. The van der Waals surface area contributed by atoms with Crippen LogP contribution in [0.4, 0.5) is 0 Å². The zero-order valence-electron chi connectivity index (χ0n) is 36.4. The van der Waals surface area contributed by atoms with Gasteiger partial charge in [0.15, 0.2) is 5.66 Å². The van der Waals surface area contributed by atoms with Crippen molar-refractivity contribution < 1.29 is 0 Å². The molecule has 0 saturated heterocycles. The van der Waals surface area contributed by atoms with Crippen molar-refractivity contribution >= 4 is 23.3 Å². The molecule has 3 aromatic rings. The number of nitrogens with one attached hydrogen (secondary N) is 1. The number of benzene rings is 2. The van der Waals surface area contributed by atoms with Gasteiger partial charge < -0.3 is 9.88 Å². The average molecular weight is 813 g/mol. The van der Waals surface area contributed by atoms with Crippen molar-refractivity contribution in [1.82, 2.24) is 9.88 Å². The Balaban J connectivity index is 1.12. The van der Waals surface area contributed by atoms with Crippen molar-refractivity contribution in [3.63, 3.8) is 0 Å². The summed E-state index contributed by atoms with van der Waals surface area (Å²) >= 11 is 0. The first-order valence-corrected chi connectivity index (χ1v) is 23.8. The Bertz CT molecular complexity index is 2620. The Morgan fingerprint density at radius 3 is 2.47 bits per heavy atom. The molecule has 2 aromatic carbocycles. The predicted molar refractivity (Wildman–Crippen MR) is 260 cm³/mol. The molecule has 0 bridgehead atoms. The summed E-state index contributed by atoms with van der Waals surface area (Å²) in [6.45, 7) is 2.30. The molecule has 0 saturated carbocycles. The van der Waals surface area contributed by atoms with Crippen LogP contribution < -0.4 is 5.32 Å². The lowest BCUT2D eigenvalue weighted by Gasteiger charge is -2.35. The molecule has 7 aliphatic carbocycles. The number of fused-ring (bicyclic) bond motifs is 3. The van der Waals surface area contributed by atoms with Gasteiger partial charge in [0.05, 0.1) is 5.69 Å². The molecule has 4 heteroatoms. The van der Waals surface area contributed by atoms with Crippen LogP contribution in [0.2, 0.25) is 0 Å². The van der Waals surface area contributed by atoms with Crippen LogP contribution in [0.1, 0.15) is 116 Å².